The zero-order valence-electron chi connectivity index (χ0n) is 10.4. The number of hydrogen-bond donors (Lipinski definition) is 3. The van der Waals surface area contributed by atoms with Gasteiger partial charge < -0.3 is 5.11 Å². The quantitative estimate of drug-likeness (QED) is 0.742. The zero-order chi connectivity index (χ0) is 13.9. The molecule has 0 unspecified atom stereocenters. The molecule has 19 heavy (non-hydrogen) atoms. The van der Waals surface area contributed by atoms with Gasteiger partial charge in [-0.3, -0.25) is 5.10 Å². The predicted octanol–water partition coefficient (Wildman–Crippen LogP) is 1.00. The van der Waals surface area contributed by atoms with E-state index < -0.39 is 10.0 Å². The Labute approximate surface area is 115 Å². The van der Waals surface area contributed by atoms with Crippen LogP contribution in [0.25, 0.3) is 0 Å². The molecule has 0 fully saturated rings. The molecule has 0 spiro atoms. The third-order valence-electron chi connectivity index (χ3n) is 2.62. The van der Waals surface area contributed by atoms with Gasteiger partial charge in [-0.15, -0.1) is 11.3 Å². The topological polar surface area (TPSA) is 95.1 Å². The monoisotopic (exact) mass is 301 g/mol. The second-order valence-corrected chi connectivity index (χ2v) is 6.89. The molecule has 3 N–H and O–H groups in total. The molecule has 0 amide bonds. The summed E-state index contributed by atoms with van der Waals surface area (Å²) in [6, 6.07) is 3.90. The normalized spacial score (nSPS) is 11.9. The van der Waals surface area contributed by atoms with Crippen LogP contribution in [0.5, 0.6) is 0 Å². The summed E-state index contributed by atoms with van der Waals surface area (Å²) in [7, 11) is -3.68. The van der Waals surface area contributed by atoms with Gasteiger partial charge in [-0.2, -0.15) is 5.10 Å². The van der Waals surface area contributed by atoms with E-state index in [-0.39, 0.29) is 23.7 Å². The smallest absolute Gasteiger partial charge is 0.258 e. The molecule has 0 aliphatic carbocycles. The minimum atomic E-state index is -3.68. The van der Waals surface area contributed by atoms with E-state index in [1.165, 1.54) is 11.1 Å². The molecule has 2 rings (SSSR count). The summed E-state index contributed by atoms with van der Waals surface area (Å²) in [6.45, 7) is 1.92. The van der Waals surface area contributed by atoms with Crippen LogP contribution in [0.2, 0.25) is 0 Å². The molecule has 0 aliphatic heterocycles. The minimum absolute atomic E-state index is 0.0812. The van der Waals surface area contributed by atoms with Crippen molar-refractivity contribution < 1.29 is 13.5 Å². The highest BCUT2D eigenvalue weighted by Gasteiger charge is 2.20. The third kappa shape index (κ3) is 3.21. The van der Waals surface area contributed by atoms with Gasteiger partial charge in [0.1, 0.15) is 0 Å². The Bertz CT molecular complexity index is 646. The molecule has 0 aromatic carbocycles. The van der Waals surface area contributed by atoms with E-state index >= 15 is 0 Å². The SMILES string of the molecule is CCc1ccc(CNS(=O)(=O)c2[nH]ncc2CO)s1. The van der Waals surface area contributed by atoms with Crippen LogP contribution in [-0.2, 0) is 29.6 Å². The van der Waals surface area contributed by atoms with E-state index in [1.54, 1.807) is 11.3 Å². The number of rotatable bonds is 6. The maximum absolute atomic E-state index is 12.0. The van der Waals surface area contributed by atoms with Crippen molar-refractivity contribution in [2.24, 2.45) is 0 Å². The average Bonchev–Trinajstić information content (AvgIpc) is 3.05. The van der Waals surface area contributed by atoms with Crippen LogP contribution in [0.15, 0.2) is 23.4 Å². The van der Waals surface area contributed by atoms with Crippen molar-refractivity contribution >= 4 is 21.4 Å². The second-order valence-electron chi connectivity index (χ2n) is 3.93. The van der Waals surface area contributed by atoms with Gasteiger partial charge in [0.15, 0.2) is 5.03 Å². The number of aromatic amines is 1. The zero-order valence-corrected chi connectivity index (χ0v) is 12.0. The van der Waals surface area contributed by atoms with Crippen LogP contribution in [0, 0.1) is 0 Å². The fourth-order valence-electron chi connectivity index (χ4n) is 1.59. The highest BCUT2D eigenvalue weighted by atomic mass is 32.2. The van der Waals surface area contributed by atoms with Crippen LogP contribution in [0.4, 0.5) is 0 Å². The van der Waals surface area contributed by atoms with Gasteiger partial charge in [0, 0.05) is 21.9 Å². The fourth-order valence-corrected chi connectivity index (χ4v) is 3.70. The summed E-state index contributed by atoms with van der Waals surface area (Å²) in [6.07, 6.45) is 2.24. The standard InChI is InChI=1S/C11H15N3O3S2/c1-2-9-3-4-10(18-9)6-13-19(16,17)11-8(7-15)5-12-14-11/h3-5,13,15H,2,6-7H2,1H3,(H,12,14). The minimum Gasteiger partial charge on any atom is -0.392 e. The van der Waals surface area contributed by atoms with Crippen molar-refractivity contribution in [2.75, 3.05) is 0 Å². The molecule has 0 radical (unpaired) electrons. The number of hydrogen-bond acceptors (Lipinski definition) is 5. The molecule has 6 nitrogen and oxygen atoms in total. The maximum atomic E-state index is 12.0. The molecule has 0 saturated carbocycles. The lowest BCUT2D eigenvalue weighted by Crippen LogP contribution is -2.24. The largest absolute Gasteiger partial charge is 0.392 e. The van der Waals surface area contributed by atoms with Crippen molar-refractivity contribution in [3.63, 3.8) is 0 Å². The van der Waals surface area contributed by atoms with Crippen molar-refractivity contribution in [3.05, 3.63) is 33.6 Å². The van der Waals surface area contributed by atoms with Crippen molar-refractivity contribution in [1.82, 2.24) is 14.9 Å². The van der Waals surface area contributed by atoms with Gasteiger partial charge in [-0.1, -0.05) is 6.92 Å². The number of aromatic nitrogens is 2. The first-order chi connectivity index (χ1) is 9.06. The van der Waals surface area contributed by atoms with Crippen LogP contribution >= 0.6 is 11.3 Å². The van der Waals surface area contributed by atoms with Crippen LogP contribution < -0.4 is 4.72 Å². The van der Waals surface area contributed by atoms with Crippen molar-refractivity contribution in [3.8, 4) is 0 Å². The average molecular weight is 301 g/mol. The van der Waals surface area contributed by atoms with E-state index in [1.807, 2.05) is 12.1 Å². The summed E-state index contributed by atoms with van der Waals surface area (Å²) in [5.74, 6) is 0. The highest BCUT2D eigenvalue weighted by molar-refractivity contribution is 7.89. The maximum Gasteiger partial charge on any atom is 0.258 e. The molecule has 2 aromatic heterocycles. The Morgan fingerprint density at radius 2 is 2.16 bits per heavy atom. The van der Waals surface area contributed by atoms with Crippen molar-refractivity contribution in [1.29, 1.82) is 0 Å². The first kappa shape index (κ1) is 14.2. The van der Waals surface area contributed by atoms with Crippen molar-refractivity contribution in [2.45, 2.75) is 31.5 Å². The first-order valence-corrected chi connectivity index (χ1v) is 8.07. The number of aliphatic hydroxyl groups is 1. The van der Waals surface area contributed by atoms with Gasteiger partial charge in [0.05, 0.1) is 12.8 Å². The second kappa shape index (κ2) is 5.83. The lowest BCUT2D eigenvalue weighted by Gasteiger charge is -2.04. The Morgan fingerprint density at radius 1 is 1.42 bits per heavy atom. The summed E-state index contributed by atoms with van der Waals surface area (Å²) >= 11 is 1.58. The summed E-state index contributed by atoms with van der Waals surface area (Å²) in [5.41, 5.74) is 0.257. The molecular formula is C11H15N3O3S2. The van der Waals surface area contributed by atoms with Crippen LogP contribution in [0.1, 0.15) is 22.2 Å². The van der Waals surface area contributed by atoms with Gasteiger partial charge in [0.25, 0.3) is 10.0 Å². The molecular weight excluding hydrogens is 286 g/mol. The summed E-state index contributed by atoms with van der Waals surface area (Å²) in [4.78, 5) is 2.16. The lowest BCUT2D eigenvalue weighted by molar-refractivity contribution is 0.278. The van der Waals surface area contributed by atoms with Gasteiger partial charge >= 0.3 is 0 Å². The van der Waals surface area contributed by atoms with E-state index in [0.29, 0.717) is 0 Å². The molecule has 104 valence electrons. The Morgan fingerprint density at radius 3 is 2.79 bits per heavy atom. The number of nitrogens with one attached hydrogen (secondary N) is 2. The number of H-pyrrole nitrogens is 1. The molecule has 0 atom stereocenters. The Kier molecular flexibility index (Phi) is 4.35. The van der Waals surface area contributed by atoms with Crippen LogP contribution in [0.3, 0.4) is 0 Å². The number of thiophene rings is 1. The van der Waals surface area contributed by atoms with E-state index in [2.05, 4.69) is 21.8 Å². The summed E-state index contributed by atoms with van der Waals surface area (Å²) < 4.78 is 26.6. The first-order valence-electron chi connectivity index (χ1n) is 5.77. The van der Waals surface area contributed by atoms with E-state index in [0.717, 1.165) is 11.3 Å². The Hall–Kier alpha value is -1.22. The molecule has 0 aliphatic rings. The number of aryl methyl sites for hydroxylation is 1. The third-order valence-corrected chi connectivity index (χ3v) is 5.26. The molecule has 2 heterocycles. The van der Waals surface area contributed by atoms with Gasteiger partial charge in [-0.05, 0) is 18.6 Å². The molecule has 8 heteroatoms. The molecule has 0 saturated heterocycles. The predicted molar refractivity (Wildman–Crippen MR) is 72.2 cm³/mol. The van der Waals surface area contributed by atoms with E-state index in [4.69, 9.17) is 5.11 Å². The molecule has 0 bridgehead atoms. The summed E-state index contributed by atoms with van der Waals surface area (Å²) in [5, 5.41) is 15.0. The number of sulfonamides is 1. The Balaban J connectivity index is 2.09. The number of aliphatic hydroxyl groups excluding tert-OH is 1. The van der Waals surface area contributed by atoms with Gasteiger partial charge in [0.2, 0.25) is 0 Å². The lowest BCUT2D eigenvalue weighted by atomic mass is 10.4. The van der Waals surface area contributed by atoms with Gasteiger partial charge in [-0.25, -0.2) is 13.1 Å². The number of nitrogens with zero attached hydrogens (tertiary/aromatic N) is 1. The fraction of sp³-hybridized carbons (Fsp3) is 0.364. The van der Waals surface area contributed by atoms with Crippen LogP contribution in [-0.4, -0.2) is 23.7 Å². The highest BCUT2D eigenvalue weighted by Crippen LogP contribution is 2.18. The van der Waals surface area contributed by atoms with E-state index in [9.17, 15) is 8.42 Å². The molecule has 2 aromatic rings.